The van der Waals surface area contributed by atoms with Crippen LogP contribution in [-0.2, 0) is 0 Å². The van der Waals surface area contributed by atoms with Gasteiger partial charge < -0.3 is 5.73 Å². The molecule has 3 heterocycles. The lowest BCUT2D eigenvalue weighted by Crippen LogP contribution is -2.73. The summed E-state index contributed by atoms with van der Waals surface area (Å²) >= 11 is 0. The molecule has 2 nitrogen and oxygen atoms in total. The highest BCUT2D eigenvalue weighted by Crippen LogP contribution is 2.47. The van der Waals surface area contributed by atoms with E-state index >= 15 is 0 Å². The van der Waals surface area contributed by atoms with Gasteiger partial charge in [-0.2, -0.15) is 0 Å². The van der Waals surface area contributed by atoms with Crippen molar-refractivity contribution in [2.75, 3.05) is 0 Å². The summed E-state index contributed by atoms with van der Waals surface area (Å²) < 4.78 is 0. The summed E-state index contributed by atoms with van der Waals surface area (Å²) in [4.78, 5) is 2.68. The van der Waals surface area contributed by atoms with Crippen LogP contribution in [-0.4, -0.2) is 29.1 Å². The molecule has 0 aromatic carbocycles. The number of hydrogen-bond donors (Lipinski definition) is 1. The van der Waals surface area contributed by atoms with E-state index in [-0.39, 0.29) is 0 Å². The van der Waals surface area contributed by atoms with Gasteiger partial charge in [0.25, 0.3) is 0 Å². The van der Waals surface area contributed by atoms with Crippen molar-refractivity contribution in [2.45, 2.75) is 49.9 Å². The van der Waals surface area contributed by atoms with Gasteiger partial charge in [-0.1, -0.05) is 0 Å². The van der Waals surface area contributed by atoms with Gasteiger partial charge >= 0.3 is 0 Å². The minimum atomic E-state index is 0.521. The van der Waals surface area contributed by atoms with Crippen LogP contribution in [0.1, 0.15) is 25.7 Å². The van der Waals surface area contributed by atoms with E-state index in [9.17, 15) is 0 Å². The molecule has 0 aromatic heterocycles. The molecular weight excluding hydrogens is 124 g/mol. The summed E-state index contributed by atoms with van der Waals surface area (Å²) in [6, 6.07) is 3.30. The van der Waals surface area contributed by atoms with Crippen LogP contribution in [0, 0.1) is 0 Å². The lowest BCUT2D eigenvalue weighted by molar-refractivity contribution is -0.148. The Kier molecular flexibility index (Phi) is 0.868. The molecule has 0 bridgehead atoms. The Morgan fingerprint density at radius 2 is 1.40 bits per heavy atom. The second-order valence-electron chi connectivity index (χ2n) is 4.11. The maximum atomic E-state index is 5.91. The fraction of sp³-hybridized carbons (Fsp3) is 1.00. The molecule has 0 aliphatic carbocycles. The van der Waals surface area contributed by atoms with Gasteiger partial charge in [-0.05, 0) is 25.7 Å². The van der Waals surface area contributed by atoms with Gasteiger partial charge in [-0.25, -0.2) is 0 Å². The zero-order valence-corrected chi connectivity index (χ0v) is 6.16. The first-order chi connectivity index (χ1) is 4.84. The quantitative estimate of drug-likeness (QED) is 0.522. The number of nitrogens with zero attached hydrogens (tertiary/aromatic N) is 1. The van der Waals surface area contributed by atoms with Crippen molar-refractivity contribution in [1.82, 2.24) is 4.90 Å². The molecule has 2 heteroatoms. The van der Waals surface area contributed by atoms with Crippen LogP contribution in [0.15, 0.2) is 0 Å². The highest BCUT2D eigenvalue weighted by molar-refractivity contribution is 5.10. The van der Waals surface area contributed by atoms with Gasteiger partial charge in [0.2, 0.25) is 0 Å². The molecular formula is C8H14N2. The SMILES string of the molecule is NC1C[C@@H]2CC3C[C@H](C1)N32. The van der Waals surface area contributed by atoms with E-state index in [1.807, 2.05) is 0 Å². The Morgan fingerprint density at radius 1 is 0.900 bits per heavy atom. The fourth-order valence-corrected chi connectivity index (χ4v) is 3.06. The Balaban J connectivity index is 1.80. The van der Waals surface area contributed by atoms with E-state index in [1.54, 1.807) is 0 Å². The van der Waals surface area contributed by atoms with Crippen molar-refractivity contribution in [3.05, 3.63) is 0 Å². The van der Waals surface area contributed by atoms with E-state index in [0.717, 1.165) is 18.1 Å². The molecule has 3 fully saturated rings. The maximum Gasteiger partial charge on any atom is 0.0131 e. The van der Waals surface area contributed by atoms with Gasteiger partial charge in [0, 0.05) is 24.2 Å². The van der Waals surface area contributed by atoms with E-state index < -0.39 is 0 Å². The van der Waals surface area contributed by atoms with Gasteiger partial charge in [-0.15, -0.1) is 0 Å². The number of nitrogens with two attached hydrogens (primary N) is 1. The van der Waals surface area contributed by atoms with Crippen LogP contribution in [0.2, 0.25) is 0 Å². The first kappa shape index (κ1) is 5.56. The first-order valence-corrected chi connectivity index (χ1v) is 4.37. The summed E-state index contributed by atoms with van der Waals surface area (Å²) in [5, 5.41) is 0. The fourth-order valence-electron chi connectivity index (χ4n) is 3.06. The third-order valence-corrected chi connectivity index (χ3v) is 3.50. The van der Waals surface area contributed by atoms with Crippen molar-refractivity contribution < 1.29 is 0 Å². The molecule has 3 aliphatic rings. The van der Waals surface area contributed by atoms with E-state index in [2.05, 4.69) is 4.90 Å². The lowest BCUT2D eigenvalue weighted by Gasteiger charge is -2.65. The largest absolute Gasteiger partial charge is 0.328 e. The van der Waals surface area contributed by atoms with Gasteiger partial charge in [0.1, 0.15) is 0 Å². The number of hydrogen-bond acceptors (Lipinski definition) is 2. The molecule has 0 amide bonds. The minimum absolute atomic E-state index is 0.521. The highest BCUT2D eigenvalue weighted by atomic mass is 15.3. The third-order valence-electron chi connectivity index (χ3n) is 3.50. The Hall–Kier alpha value is -0.0800. The molecule has 3 saturated heterocycles. The monoisotopic (exact) mass is 138 g/mol. The second kappa shape index (κ2) is 1.56. The van der Waals surface area contributed by atoms with Crippen LogP contribution < -0.4 is 5.73 Å². The number of piperidine rings is 2. The summed E-state index contributed by atoms with van der Waals surface area (Å²) in [7, 11) is 0. The van der Waals surface area contributed by atoms with Crippen LogP contribution in [0.5, 0.6) is 0 Å². The highest BCUT2D eigenvalue weighted by Gasteiger charge is 2.54. The lowest BCUT2D eigenvalue weighted by atomic mass is 9.69. The molecule has 0 saturated carbocycles. The maximum absolute atomic E-state index is 5.91. The molecule has 0 spiro atoms. The van der Waals surface area contributed by atoms with Gasteiger partial charge in [0.05, 0.1) is 0 Å². The molecule has 3 rings (SSSR count). The summed E-state index contributed by atoms with van der Waals surface area (Å²) in [5.41, 5.74) is 5.91. The van der Waals surface area contributed by atoms with Crippen LogP contribution in [0.4, 0.5) is 0 Å². The van der Waals surface area contributed by atoms with Crippen molar-refractivity contribution in [3.8, 4) is 0 Å². The molecule has 10 heavy (non-hydrogen) atoms. The molecule has 2 unspecified atom stereocenters. The Labute approximate surface area is 61.4 Å². The van der Waals surface area contributed by atoms with Crippen LogP contribution in [0.25, 0.3) is 0 Å². The van der Waals surface area contributed by atoms with E-state index in [4.69, 9.17) is 5.73 Å². The van der Waals surface area contributed by atoms with Crippen molar-refractivity contribution in [2.24, 2.45) is 5.73 Å². The zero-order valence-electron chi connectivity index (χ0n) is 6.16. The molecule has 0 aromatic rings. The standard InChI is InChI=1S/C8H14N2/c9-5-1-6-3-8-4-7(2-5)10(6)8/h5-8H,1-4,9H2/t5?,6-,7+,8?. The predicted octanol–water partition coefficient (Wildman–Crippen LogP) is 0.323. The van der Waals surface area contributed by atoms with E-state index in [1.165, 1.54) is 25.7 Å². The average Bonchev–Trinajstić information content (AvgIpc) is 1.78. The second-order valence-corrected chi connectivity index (χ2v) is 4.11. The van der Waals surface area contributed by atoms with Gasteiger partial charge in [0.15, 0.2) is 0 Å². The Bertz CT molecular complexity index is 153. The molecule has 3 aliphatic heterocycles. The summed E-state index contributed by atoms with van der Waals surface area (Å²) in [6.45, 7) is 0. The number of rotatable bonds is 0. The normalized spacial score (nSPS) is 58.5. The Morgan fingerprint density at radius 3 is 1.90 bits per heavy atom. The zero-order chi connectivity index (χ0) is 6.72. The molecule has 2 N–H and O–H groups in total. The smallest absolute Gasteiger partial charge is 0.0131 e. The van der Waals surface area contributed by atoms with Crippen LogP contribution >= 0.6 is 0 Å². The van der Waals surface area contributed by atoms with Crippen molar-refractivity contribution in [1.29, 1.82) is 0 Å². The predicted molar refractivity (Wildman–Crippen MR) is 39.6 cm³/mol. The van der Waals surface area contributed by atoms with E-state index in [0.29, 0.717) is 6.04 Å². The first-order valence-electron chi connectivity index (χ1n) is 4.37. The topological polar surface area (TPSA) is 29.3 Å². The summed E-state index contributed by atoms with van der Waals surface area (Å²) in [5.74, 6) is 0. The molecule has 4 atom stereocenters. The third kappa shape index (κ3) is 0.487. The average molecular weight is 138 g/mol. The van der Waals surface area contributed by atoms with Crippen LogP contribution in [0.3, 0.4) is 0 Å². The van der Waals surface area contributed by atoms with Crippen molar-refractivity contribution in [3.63, 3.8) is 0 Å². The minimum Gasteiger partial charge on any atom is -0.328 e. The molecule has 56 valence electrons. The van der Waals surface area contributed by atoms with Gasteiger partial charge in [-0.3, -0.25) is 4.90 Å². The molecule has 0 radical (unpaired) electrons. The summed E-state index contributed by atoms with van der Waals surface area (Å²) in [6.07, 6.45) is 5.44. The van der Waals surface area contributed by atoms with Crippen molar-refractivity contribution >= 4 is 0 Å².